The Labute approximate surface area is 106 Å². The molecule has 2 saturated heterocycles. The van der Waals surface area contributed by atoms with Crippen molar-refractivity contribution < 1.29 is 9.18 Å². The summed E-state index contributed by atoms with van der Waals surface area (Å²) in [5.74, 6) is -0.402. The van der Waals surface area contributed by atoms with Crippen LogP contribution in [0.2, 0.25) is 0 Å². The highest BCUT2D eigenvalue weighted by Gasteiger charge is 2.45. The van der Waals surface area contributed by atoms with Gasteiger partial charge in [-0.25, -0.2) is 4.39 Å². The summed E-state index contributed by atoms with van der Waals surface area (Å²) >= 11 is 0. The van der Waals surface area contributed by atoms with Crippen LogP contribution in [-0.2, 0) is 0 Å². The molecule has 0 aliphatic carbocycles. The summed E-state index contributed by atoms with van der Waals surface area (Å²) in [4.78, 5) is 14.0. The Morgan fingerprint density at radius 1 is 1.39 bits per heavy atom. The van der Waals surface area contributed by atoms with Crippen molar-refractivity contribution in [3.05, 3.63) is 35.6 Å². The van der Waals surface area contributed by atoms with E-state index in [-0.39, 0.29) is 17.1 Å². The minimum atomic E-state index is -0.351. The van der Waals surface area contributed by atoms with E-state index >= 15 is 0 Å². The molecule has 1 aromatic rings. The van der Waals surface area contributed by atoms with Gasteiger partial charge in [0.1, 0.15) is 5.82 Å². The fourth-order valence-electron chi connectivity index (χ4n) is 3.01. The maximum absolute atomic E-state index is 13.1. The van der Waals surface area contributed by atoms with Crippen LogP contribution in [0.5, 0.6) is 0 Å². The molecule has 1 spiro atoms. The van der Waals surface area contributed by atoms with Gasteiger partial charge in [0, 0.05) is 30.6 Å². The monoisotopic (exact) mass is 248 g/mol. The van der Waals surface area contributed by atoms with E-state index in [9.17, 15) is 9.18 Å². The van der Waals surface area contributed by atoms with Gasteiger partial charge in [0.2, 0.25) is 0 Å². The molecule has 18 heavy (non-hydrogen) atoms. The standard InChI is InChI=1S/C14H17FN2O/c15-12-4-1-3-11(7-12)13(18)17-9-14(10-17)5-2-6-16-8-14/h1,3-4,7,16H,2,5-6,8-10H2. The first-order valence-corrected chi connectivity index (χ1v) is 6.44. The maximum atomic E-state index is 13.1. The first kappa shape index (κ1) is 11.7. The number of nitrogens with one attached hydrogen (secondary N) is 1. The zero-order chi connectivity index (χ0) is 12.6. The van der Waals surface area contributed by atoms with Crippen LogP contribution in [0, 0.1) is 11.2 Å². The van der Waals surface area contributed by atoms with Gasteiger partial charge >= 0.3 is 0 Å². The Bertz CT molecular complexity index is 461. The Balaban J connectivity index is 1.66. The van der Waals surface area contributed by atoms with Crippen molar-refractivity contribution in [1.29, 1.82) is 0 Å². The molecule has 3 rings (SSSR count). The lowest BCUT2D eigenvalue weighted by atomic mass is 9.74. The van der Waals surface area contributed by atoms with E-state index in [1.165, 1.54) is 25.0 Å². The van der Waals surface area contributed by atoms with E-state index in [0.29, 0.717) is 5.56 Å². The molecule has 1 N–H and O–H groups in total. The van der Waals surface area contributed by atoms with Crippen LogP contribution in [0.4, 0.5) is 4.39 Å². The van der Waals surface area contributed by atoms with Gasteiger partial charge < -0.3 is 10.2 Å². The van der Waals surface area contributed by atoms with E-state index in [2.05, 4.69) is 5.32 Å². The van der Waals surface area contributed by atoms with Crippen molar-refractivity contribution in [1.82, 2.24) is 10.2 Å². The largest absolute Gasteiger partial charge is 0.337 e. The van der Waals surface area contributed by atoms with Crippen LogP contribution in [-0.4, -0.2) is 37.0 Å². The van der Waals surface area contributed by atoms with Crippen molar-refractivity contribution in [2.75, 3.05) is 26.2 Å². The molecule has 3 nitrogen and oxygen atoms in total. The quantitative estimate of drug-likeness (QED) is 0.819. The molecule has 0 aromatic heterocycles. The molecule has 2 aliphatic rings. The van der Waals surface area contributed by atoms with Crippen molar-refractivity contribution in [3.8, 4) is 0 Å². The molecule has 96 valence electrons. The minimum Gasteiger partial charge on any atom is -0.337 e. The first-order chi connectivity index (χ1) is 8.69. The van der Waals surface area contributed by atoms with Gasteiger partial charge in [-0.15, -0.1) is 0 Å². The second-order valence-corrected chi connectivity index (χ2v) is 5.45. The van der Waals surface area contributed by atoms with Gasteiger partial charge in [0.25, 0.3) is 5.91 Å². The third kappa shape index (κ3) is 2.01. The molecule has 2 heterocycles. The van der Waals surface area contributed by atoms with E-state index in [1.54, 1.807) is 12.1 Å². The summed E-state index contributed by atoms with van der Waals surface area (Å²) in [6.07, 6.45) is 2.37. The van der Waals surface area contributed by atoms with Gasteiger partial charge in [-0.3, -0.25) is 4.79 Å². The first-order valence-electron chi connectivity index (χ1n) is 6.44. The smallest absolute Gasteiger partial charge is 0.253 e. The van der Waals surface area contributed by atoms with E-state index in [4.69, 9.17) is 0 Å². The van der Waals surface area contributed by atoms with E-state index < -0.39 is 0 Å². The van der Waals surface area contributed by atoms with Gasteiger partial charge in [0.15, 0.2) is 0 Å². The molecule has 4 heteroatoms. The molecular formula is C14H17FN2O. The molecule has 1 aromatic carbocycles. The number of amides is 1. The van der Waals surface area contributed by atoms with Crippen LogP contribution in [0.25, 0.3) is 0 Å². The number of rotatable bonds is 1. The predicted molar refractivity (Wildman–Crippen MR) is 66.8 cm³/mol. The molecule has 2 aliphatic heterocycles. The number of halogens is 1. The molecule has 0 radical (unpaired) electrons. The van der Waals surface area contributed by atoms with Crippen LogP contribution in [0.1, 0.15) is 23.2 Å². The van der Waals surface area contributed by atoms with Crippen molar-refractivity contribution in [3.63, 3.8) is 0 Å². The van der Waals surface area contributed by atoms with Gasteiger partial charge in [-0.05, 0) is 37.6 Å². The fourth-order valence-corrected chi connectivity index (χ4v) is 3.01. The normalized spacial score (nSPS) is 21.7. The summed E-state index contributed by atoms with van der Waals surface area (Å²) < 4.78 is 13.1. The number of nitrogens with zero attached hydrogens (tertiary/aromatic N) is 1. The molecule has 1 amide bonds. The van der Waals surface area contributed by atoms with Crippen LogP contribution in [0.15, 0.2) is 24.3 Å². The van der Waals surface area contributed by atoms with Gasteiger partial charge in [-0.1, -0.05) is 6.07 Å². The third-order valence-electron chi connectivity index (χ3n) is 3.97. The number of benzene rings is 1. The lowest BCUT2D eigenvalue weighted by molar-refractivity contribution is -0.00724. The molecule has 0 unspecified atom stereocenters. The van der Waals surface area contributed by atoms with Crippen LogP contribution >= 0.6 is 0 Å². The van der Waals surface area contributed by atoms with Crippen LogP contribution < -0.4 is 5.32 Å². The predicted octanol–water partition coefficient (Wildman–Crippen LogP) is 1.65. The molecule has 0 saturated carbocycles. The molecular weight excluding hydrogens is 231 g/mol. The molecule has 0 bridgehead atoms. The Hall–Kier alpha value is -1.42. The second kappa shape index (κ2) is 4.35. The van der Waals surface area contributed by atoms with Crippen molar-refractivity contribution in [2.24, 2.45) is 5.41 Å². The van der Waals surface area contributed by atoms with E-state index in [1.807, 2.05) is 4.90 Å². The number of piperidine rings is 1. The SMILES string of the molecule is O=C(c1cccc(F)c1)N1CC2(CCCNC2)C1. The minimum absolute atomic E-state index is 0.0503. The Morgan fingerprint density at radius 2 is 2.22 bits per heavy atom. The summed E-state index contributed by atoms with van der Waals surface area (Å²) in [5.41, 5.74) is 0.731. The number of hydrogen-bond acceptors (Lipinski definition) is 2. The lowest BCUT2D eigenvalue weighted by Crippen LogP contribution is -2.63. The summed E-state index contributed by atoms with van der Waals surface area (Å²) in [6.45, 7) is 3.68. The maximum Gasteiger partial charge on any atom is 0.253 e. The number of hydrogen-bond donors (Lipinski definition) is 1. The number of carbonyl (C=O) groups is 1. The average Bonchev–Trinajstić information content (AvgIpc) is 2.36. The van der Waals surface area contributed by atoms with Gasteiger partial charge in [0.05, 0.1) is 0 Å². The number of likely N-dealkylation sites (tertiary alicyclic amines) is 1. The highest BCUT2D eigenvalue weighted by Crippen LogP contribution is 2.37. The molecule has 0 atom stereocenters. The molecule has 2 fully saturated rings. The fraction of sp³-hybridized carbons (Fsp3) is 0.500. The Morgan fingerprint density at radius 3 is 2.89 bits per heavy atom. The zero-order valence-corrected chi connectivity index (χ0v) is 10.3. The second-order valence-electron chi connectivity index (χ2n) is 5.45. The van der Waals surface area contributed by atoms with Crippen LogP contribution in [0.3, 0.4) is 0 Å². The Kier molecular flexibility index (Phi) is 2.82. The highest BCUT2D eigenvalue weighted by atomic mass is 19.1. The zero-order valence-electron chi connectivity index (χ0n) is 10.3. The third-order valence-corrected chi connectivity index (χ3v) is 3.97. The lowest BCUT2D eigenvalue weighted by Gasteiger charge is -2.52. The highest BCUT2D eigenvalue weighted by molar-refractivity contribution is 5.94. The summed E-state index contributed by atoms with van der Waals surface area (Å²) in [6, 6.07) is 5.93. The van der Waals surface area contributed by atoms with Crippen molar-refractivity contribution >= 4 is 5.91 Å². The summed E-state index contributed by atoms with van der Waals surface area (Å²) in [5, 5.41) is 3.39. The number of carbonyl (C=O) groups excluding carboxylic acids is 1. The average molecular weight is 248 g/mol. The topological polar surface area (TPSA) is 32.3 Å². The van der Waals surface area contributed by atoms with E-state index in [0.717, 1.165) is 26.2 Å². The van der Waals surface area contributed by atoms with Gasteiger partial charge in [-0.2, -0.15) is 0 Å². The van der Waals surface area contributed by atoms with Crippen molar-refractivity contribution in [2.45, 2.75) is 12.8 Å². The summed E-state index contributed by atoms with van der Waals surface area (Å²) in [7, 11) is 0.